The van der Waals surface area contributed by atoms with Crippen LogP contribution in [0.2, 0.25) is 5.02 Å². The molecule has 6 heteroatoms. The molecule has 1 rings (SSSR count). The second-order valence-electron chi connectivity index (χ2n) is 3.42. The first-order valence-corrected chi connectivity index (χ1v) is 6.13. The van der Waals surface area contributed by atoms with E-state index in [-0.39, 0.29) is 18.7 Å². The van der Waals surface area contributed by atoms with Gasteiger partial charge in [-0.3, -0.25) is 9.59 Å². The molecule has 17 heavy (non-hydrogen) atoms. The van der Waals surface area contributed by atoms with Crippen LogP contribution in [0.15, 0.2) is 22.7 Å². The zero-order valence-corrected chi connectivity index (χ0v) is 11.2. The Hall–Kier alpha value is -1.07. The summed E-state index contributed by atoms with van der Waals surface area (Å²) in [6.45, 7) is 0. The number of hydrogen-bond acceptors (Lipinski definition) is 2. The summed E-state index contributed by atoms with van der Waals surface area (Å²) in [5.41, 5.74) is 0.523. The van der Waals surface area contributed by atoms with Gasteiger partial charge in [-0.2, -0.15) is 0 Å². The van der Waals surface area contributed by atoms with Gasteiger partial charge in [0, 0.05) is 17.3 Å². The van der Waals surface area contributed by atoms with Gasteiger partial charge in [-0.15, -0.1) is 0 Å². The van der Waals surface area contributed by atoms with Crippen molar-refractivity contribution in [2.45, 2.75) is 19.3 Å². The lowest BCUT2D eigenvalue weighted by molar-refractivity contribution is -0.137. The van der Waals surface area contributed by atoms with E-state index in [4.69, 9.17) is 16.7 Å². The van der Waals surface area contributed by atoms with Crippen molar-refractivity contribution < 1.29 is 14.7 Å². The zero-order chi connectivity index (χ0) is 12.8. The molecule has 92 valence electrons. The summed E-state index contributed by atoms with van der Waals surface area (Å²) < 4.78 is 0.825. The van der Waals surface area contributed by atoms with Crippen LogP contribution in [-0.2, 0) is 9.59 Å². The Labute approximate surface area is 112 Å². The quantitative estimate of drug-likeness (QED) is 0.875. The van der Waals surface area contributed by atoms with Crippen LogP contribution >= 0.6 is 27.5 Å². The van der Waals surface area contributed by atoms with E-state index in [9.17, 15) is 9.59 Å². The summed E-state index contributed by atoms with van der Waals surface area (Å²) in [5, 5.41) is 11.5. The molecule has 1 aromatic rings. The summed E-state index contributed by atoms with van der Waals surface area (Å²) in [6.07, 6.45) is 0.468. The van der Waals surface area contributed by atoms with Crippen LogP contribution < -0.4 is 5.32 Å². The number of rotatable bonds is 5. The minimum atomic E-state index is -0.903. The van der Waals surface area contributed by atoms with E-state index in [0.29, 0.717) is 17.1 Å². The maximum absolute atomic E-state index is 11.5. The van der Waals surface area contributed by atoms with Crippen LogP contribution in [0.5, 0.6) is 0 Å². The van der Waals surface area contributed by atoms with E-state index in [1.165, 1.54) is 0 Å². The summed E-state index contributed by atoms with van der Waals surface area (Å²) in [6, 6.07) is 5.12. The van der Waals surface area contributed by atoms with Crippen molar-refractivity contribution in [2.24, 2.45) is 0 Å². The van der Waals surface area contributed by atoms with Gasteiger partial charge in [0.2, 0.25) is 5.91 Å². The fourth-order valence-corrected chi connectivity index (χ4v) is 1.92. The van der Waals surface area contributed by atoms with Gasteiger partial charge >= 0.3 is 5.97 Å². The first-order valence-electron chi connectivity index (χ1n) is 4.95. The largest absolute Gasteiger partial charge is 0.481 e. The lowest BCUT2D eigenvalue weighted by atomic mass is 10.2. The number of aliphatic carboxylic acids is 1. The van der Waals surface area contributed by atoms with Crippen LogP contribution in [0.25, 0.3) is 0 Å². The van der Waals surface area contributed by atoms with Gasteiger partial charge in [-0.05, 0) is 24.6 Å². The molecule has 0 aromatic heterocycles. The highest BCUT2D eigenvalue weighted by Crippen LogP contribution is 2.25. The highest BCUT2D eigenvalue weighted by Gasteiger charge is 2.07. The van der Waals surface area contributed by atoms with Crippen molar-refractivity contribution in [2.75, 3.05) is 5.32 Å². The minimum absolute atomic E-state index is 0.0124. The molecule has 0 fully saturated rings. The molecule has 0 unspecified atom stereocenters. The maximum atomic E-state index is 11.5. The molecule has 2 N–H and O–H groups in total. The average molecular weight is 321 g/mol. The Morgan fingerprint density at radius 2 is 2.06 bits per heavy atom. The summed E-state index contributed by atoms with van der Waals surface area (Å²) in [5.74, 6) is -1.14. The molecule has 0 radical (unpaired) electrons. The smallest absolute Gasteiger partial charge is 0.303 e. The third-order valence-electron chi connectivity index (χ3n) is 2.00. The van der Waals surface area contributed by atoms with Crippen LogP contribution in [0, 0.1) is 0 Å². The maximum Gasteiger partial charge on any atom is 0.303 e. The fourth-order valence-electron chi connectivity index (χ4n) is 1.20. The number of benzene rings is 1. The van der Waals surface area contributed by atoms with Gasteiger partial charge in [0.1, 0.15) is 0 Å². The second-order valence-corrected chi connectivity index (χ2v) is 4.74. The lowest BCUT2D eigenvalue weighted by Gasteiger charge is -2.06. The van der Waals surface area contributed by atoms with Crippen molar-refractivity contribution in [3.05, 3.63) is 27.7 Å². The van der Waals surface area contributed by atoms with Crippen LogP contribution in [-0.4, -0.2) is 17.0 Å². The molecule has 0 aliphatic carbocycles. The Kier molecular flexibility index (Phi) is 5.44. The Balaban J connectivity index is 2.48. The molecule has 0 atom stereocenters. The van der Waals surface area contributed by atoms with E-state index in [1.807, 2.05) is 0 Å². The molecule has 0 saturated heterocycles. The number of halogens is 2. The molecule has 0 saturated carbocycles. The van der Waals surface area contributed by atoms with Crippen LogP contribution in [0.4, 0.5) is 5.69 Å². The molecule has 0 heterocycles. The number of carbonyl (C=O) groups excluding carboxylic acids is 1. The van der Waals surface area contributed by atoms with Crippen molar-refractivity contribution in [3.8, 4) is 0 Å². The highest BCUT2D eigenvalue weighted by molar-refractivity contribution is 9.10. The van der Waals surface area contributed by atoms with Gasteiger partial charge in [-0.1, -0.05) is 27.5 Å². The minimum Gasteiger partial charge on any atom is -0.481 e. The van der Waals surface area contributed by atoms with Crippen molar-refractivity contribution in [1.82, 2.24) is 0 Å². The second kappa shape index (κ2) is 6.61. The number of hydrogen-bond donors (Lipinski definition) is 2. The SMILES string of the molecule is O=C(O)CCCC(=O)Nc1ccc(Br)cc1Cl. The van der Waals surface area contributed by atoms with Gasteiger partial charge in [0.05, 0.1) is 10.7 Å². The zero-order valence-electron chi connectivity index (χ0n) is 8.87. The highest BCUT2D eigenvalue weighted by atomic mass is 79.9. The van der Waals surface area contributed by atoms with Gasteiger partial charge in [0.25, 0.3) is 0 Å². The van der Waals surface area contributed by atoms with Crippen molar-refractivity contribution in [3.63, 3.8) is 0 Å². The molecule has 0 aliphatic rings. The molecular formula is C11H11BrClNO3. The van der Waals surface area contributed by atoms with E-state index < -0.39 is 5.97 Å². The normalized spacial score (nSPS) is 10.0. The number of carboxylic acids is 1. The van der Waals surface area contributed by atoms with E-state index in [2.05, 4.69) is 21.2 Å². The monoisotopic (exact) mass is 319 g/mol. The summed E-state index contributed by atoms with van der Waals surface area (Å²) in [7, 11) is 0. The number of carbonyl (C=O) groups is 2. The molecular weight excluding hydrogens is 309 g/mol. The topological polar surface area (TPSA) is 66.4 Å². The number of nitrogens with one attached hydrogen (secondary N) is 1. The van der Waals surface area contributed by atoms with Gasteiger partial charge in [0.15, 0.2) is 0 Å². The molecule has 4 nitrogen and oxygen atoms in total. The third-order valence-corrected chi connectivity index (χ3v) is 2.81. The molecule has 0 aliphatic heterocycles. The van der Waals surface area contributed by atoms with Crippen LogP contribution in [0.1, 0.15) is 19.3 Å². The van der Waals surface area contributed by atoms with Gasteiger partial charge in [-0.25, -0.2) is 0 Å². The first-order chi connectivity index (χ1) is 7.99. The Bertz CT molecular complexity index is 437. The molecule has 1 amide bonds. The van der Waals surface area contributed by atoms with Gasteiger partial charge < -0.3 is 10.4 Å². The third kappa shape index (κ3) is 5.19. The first kappa shape index (κ1) is 14.0. The van der Waals surface area contributed by atoms with Crippen LogP contribution in [0.3, 0.4) is 0 Å². The Morgan fingerprint density at radius 1 is 1.35 bits per heavy atom. The predicted molar refractivity (Wildman–Crippen MR) is 69.3 cm³/mol. The summed E-state index contributed by atoms with van der Waals surface area (Å²) in [4.78, 5) is 21.7. The fraction of sp³-hybridized carbons (Fsp3) is 0.273. The number of amides is 1. The molecule has 1 aromatic carbocycles. The Morgan fingerprint density at radius 3 is 2.65 bits per heavy atom. The molecule has 0 bridgehead atoms. The van der Waals surface area contributed by atoms with E-state index in [0.717, 1.165) is 4.47 Å². The number of anilines is 1. The molecule has 0 spiro atoms. The van der Waals surface area contributed by atoms with Crippen molar-refractivity contribution >= 4 is 45.1 Å². The van der Waals surface area contributed by atoms with Crippen molar-refractivity contribution in [1.29, 1.82) is 0 Å². The average Bonchev–Trinajstić information content (AvgIpc) is 2.21. The lowest BCUT2D eigenvalue weighted by Crippen LogP contribution is -2.12. The summed E-state index contributed by atoms with van der Waals surface area (Å²) >= 11 is 9.18. The van der Waals surface area contributed by atoms with E-state index >= 15 is 0 Å². The number of carboxylic acid groups (broad SMARTS) is 1. The van der Waals surface area contributed by atoms with E-state index in [1.54, 1.807) is 18.2 Å². The predicted octanol–water partition coefficient (Wildman–Crippen LogP) is 3.30. The standard InChI is InChI=1S/C11H11BrClNO3/c12-7-4-5-9(8(13)6-7)14-10(15)2-1-3-11(16)17/h4-6H,1-3H2,(H,14,15)(H,16,17).